The predicted molar refractivity (Wildman–Crippen MR) is 73.3 cm³/mol. The molecule has 19 heavy (non-hydrogen) atoms. The van der Waals surface area contributed by atoms with Crippen LogP contribution in [0, 0.1) is 20.8 Å². The second-order valence-corrected chi connectivity index (χ2v) is 6.22. The zero-order valence-electron chi connectivity index (χ0n) is 11.2. The van der Waals surface area contributed by atoms with E-state index in [9.17, 15) is 8.42 Å². The lowest BCUT2D eigenvalue weighted by Crippen LogP contribution is -2.24. The Morgan fingerprint density at radius 2 is 1.89 bits per heavy atom. The molecule has 0 atom stereocenters. The van der Waals surface area contributed by atoms with Crippen molar-refractivity contribution in [2.45, 2.75) is 32.2 Å². The first-order valence-electron chi connectivity index (χ1n) is 5.97. The van der Waals surface area contributed by atoms with Gasteiger partial charge in [-0.25, -0.2) is 13.1 Å². The van der Waals surface area contributed by atoms with Crippen molar-refractivity contribution in [2.75, 3.05) is 0 Å². The van der Waals surface area contributed by atoms with Gasteiger partial charge < -0.3 is 0 Å². The van der Waals surface area contributed by atoms with E-state index >= 15 is 0 Å². The van der Waals surface area contributed by atoms with E-state index in [0.29, 0.717) is 11.4 Å². The number of hydrogen-bond donors (Lipinski definition) is 2. The number of aromatic nitrogens is 2. The van der Waals surface area contributed by atoms with E-state index in [-0.39, 0.29) is 11.4 Å². The second kappa shape index (κ2) is 5.14. The number of nitrogens with zero attached hydrogens (tertiary/aromatic N) is 1. The topological polar surface area (TPSA) is 74.8 Å². The highest BCUT2D eigenvalue weighted by Gasteiger charge is 2.21. The lowest BCUT2D eigenvalue weighted by Gasteiger charge is -2.08. The zero-order valence-corrected chi connectivity index (χ0v) is 12.0. The molecule has 6 heteroatoms. The normalized spacial score (nSPS) is 11.7. The van der Waals surface area contributed by atoms with Gasteiger partial charge in [0.25, 0.3) is 0 Å². The predicted octanol–water partition coefficient (Wildman–Crippen LogP) is 1.81. The van der Waals surface area contributed by atoms with Gasteiger partial charge in [-0.3, -0.25) is 5.10 Å². The Morgan fingerprint density at radius 3 is 2.47 bits per heavy atom. The van der Waals surface area contributed by atoms with E-state index in [1.807, 2.05) is 31.2 Å². The van der Waals surface area contributed by atoms with Crippen molar-refractivity contribution < 1.29 is 8.42 Å². The van der Waals surface area contributed by atoms with Gasteiger partial charge in [-0.2, -0.15) is 5.10 Å². The standard InChI is InChI=1S/C13H17N3O2S/c1-9-6-4-5-7-12(9)8-14-19(17,18)13-10(2)15-16-11(13)3/h4-7,14H,8H2,1-3H3,(H,15,16). The van der Waals surface area contributed by atoms with E-state index in [1.165, 1.54) is 0 Å². The Hall–Kier alpha value is -1.66. The Kier molecular flexibility index (Phi) is 3.73. The molecule has 5 nitrogen and oxygen atoms in total. The van der Waals surface area contributed by atoms with Gasteiger partial charge >= 0.3 is 0 Å². The minimum Gasteiger partial charge on any atom is -0.281 e. The summed E-state index contributed by atoms with van der Waals surface area (Å²) in [6.07, 6.45) is 0. The van der Waals surface area contributed by atoms with Crippen LogP contribution in [0.2, 0.25) is 0 Å². The average molecular weight is 279 g/mol. The van der Waals surface area contributed by atoms with Crippen LogP contribution in [0.3, 0.4) is 0 Å². The number of H-pyrrole nitrogens is 1. The molecule has 0 aliphatic heterocycles. The molecule has 0 radical (unpaired) electrons. The largest absolute Gasteiger partial charge is 0.281 e. The van der Waals surface area contributed by atoms with E-state index in [4.69, 9.17) is 0 Å². The van der Waals surface area contributed by atoms with Gasteiger partial charge in [0.05, 0.1) is 11.4 Å². The number of sulfonamides is 1. The van der Waals surface area contributed by atoms with Gasteiger partial charge in [0, 0.05) is 6.54 Å². The van der Waals surface area contributed by atoms with Crippen LogP contribution in [0.5, 0.6) is 0 Å². The summed E-state index contributed by atoms with van der Waals surface area (Å²) in [6, 6.07) is 7.69. The Balaban J connectivity index is 2.22. The van der Waals surface area contributed by atoms with E-state index in [2.05, 4.69) is 14.9 Å². The van der Waals surface area contributed by atoms with Gasteiger partial charge in [0.1, 0.15) is 4.90 Å². The van der Waals surface area contributed by atoms with E-state index in [1.54, 1.807) is 13.8 Å². The molecule has 1 aromatic heterocycles. The van der Waals surface area contributed by atoms with Crippen LogP contribution in [0.25, 0.3) is 0 Å². The molecule has 102 valence electrons. The first kappa shape index (κ1) is 13.8. The van der Waals surface area contributed by atoms with Gasteiger partial charge in [-0.15, -0.1) is 0 Å². The van der Waals surface area contributed by atoms with Crippen molar-refractivity contribution in [1.29, 1.82) is 0 Å². The summed E-state index contributed by atoms with van der Waals surface area (Å²) in [6.45, 7) is 5.60. The summed E-state index contributed by atoms with van der Waals surface area (Å²) in [4.78, 5) is 0.237. The molecule has 0 unspecified atom stereocenters. The lowest BCUT2D eigenvalue weighted by molar-refractivity contribution is 0.580. The molecule has 2 aromatic rings. The van der Waals surface area contributed by atoms with Crippen LogP contribution in [-0.4, -0.2) is 18.6 Å². The molecule has 0 saturated heterocycles. The highest BCUT2D eigenvalue weighted by molar-refractivity contribution is 7.89. The maximum absolute atomic E-state index is 12.2. The van der Waals surface area contributed by atoms with Gasteiger partial charge in [0.15, 0.2) is 0 Å². The van der Waals surface area contributed by atoms with Crippen LogP contribution >= 0.6 is 0 Å². The highest BCUT2D eigenvalue weighted by atomic mass is 32.2. The smallest absolute Gasteiger partial charge is 0.244 e. The van der Waals surface area contributed by atoms with Crippen LogP contribution < -0.4 is 4.72 Å². The third-order valence-electron chi connectivity index (χ3n) is 3.04. The van der Waals surface area contributed by atoms with Crippen molar-refractivity contribution in [1.82, 2.24) is 14.9 Å². The average Bonchev–Trinajstić information content (AvgIpc) is 2.69. The van der Waals surface area contributed by atoms with Crippen molar-refractivity contribution in [3.05, 3.63) is 46.8 Å². The SMILES string of the molecule is Cc1ccccc1CNS(=O)(=O)c1c(C)n[nH]c1C. The Morgan fingerprint density at radius 1 is 1.21 bits per heavy atom. The van der Waals surface area contributed by atoms with Crippen molar-refractivity contribution in [3.63, 3.8) is 0 Å². The minimum absolute atomic E-state index is 0.237. The summed E-state index contributed by atoms with van der Waals surface area (Å²) in [5, 5.41) is 6.59. The first-order chi connectivity index (χ1) is 8.92. The Labute approximate surface area is 113 Å². The molecule has 0 amide bonds. The molecule has 0 spiro atoms. The van der Waals surface area contributed by atoms with E-state index < -0.39 is 10.0 Å². The number of nitrogens with one attached hydrogen (secondary N) is 2. The fourth-order valence-corrected chi connectivity index (χ4v) is 3.36. The van der Waals surface area contributed by atoms with Crippen LogP contribution in [0.15, 0.2) is 29.2 Å². The molecular weight excluding hydrogens is 262 g/mol. The molecule has 0 bridgehead atoms. The monoisotopic (exact) mass is 279 g/mol. The van der Waals surface area contributed by atoms with E-state index in [0.717, 1.165) is 11.1 Å². The maximum atomic E-state index is 12.2. The van der Waals surface area contributed by atoms with Crippen molar-refractivity contribution in [2.24, 2.45) is 0 Å². The number of aryl methyl sites for hydroxylation is 3. The van der Waals surface area contributed by atoms with Gasteiger partial charge in [-0.05, 0) is 31.9 Å². The third-order valence-corrected chi connectivity index (χ3v) is 4.71. The number of rotatable bonds is 4. The second-order valence-electron chi connectivity index (χ2n) is 4.51. The van der Waals surface area contributed by atoms with Gasteiger partial charge in [-0.1, -0.05) is 24.3 Å². The summed E-state index contributed by atoms with van der Waals surface area (Å²) in [5.41, 5.74) is 3.06. The van der Waals surface area contributed by atoms with Crippen LogP contribution in [0.4, 0.5) is 0 Å². The van der Waals surface area contributed by atoms with Gasteiger partial charge in [0.2, 0.25) is 10.0 Å². The molecule has 0 saturated carbocycles. The quantitative estimate of drug-likeness (QED) is 0.896. The highest BCUT2D eigenvalue weighted by Crippen LogP contribution is 2.17. The maximum Gasteiger partial charge on any atom is 0.244 e. The Bertz CT molecular complexity index is 670. The first-order valence-corrected chi connectivity index (χ1v) is 7.46. The molecule has 0 aliphatic carbocycles. The van der Waals surface area contributed by atoms with Crippen molar-refractivity contribution in [3.8, 4) is 0 Å². The third kappa shape index (κ3) is 2.85. The zero-order chi connectivity index (χ0) is 14.0. The summed E-state index contributed by atoms with van der Waals surface area (Å²) in [5.74, 6) is 0. The lowest BCUT2D eigenvalue weighted by atomic mass is 10.1. The van der Waals surface area contributed by atoms with Crippen molar-refractivity contribution >= 4 is 10.0 Å². The van der Waals surface area contributed by atoms with Crippen LogP contribution in [-0.2, 0) is 16.6 Å². The molecule has 2 rings (SSSR count). The van der Waals surface area contributed by atoms with Crippen LogP contribution in [0.1, 0.15) is 22.5 Å². The molecule has 0 aliphatic rings. The minimum atomic E-state index is -3.54. The molecule has 1 heterocycles. The fraction of sp³-hybridized carbons (Fsp3) is 0.308. The number of benzene rings is 1. The fourth-order valence-electron chi connectivity index (χ4n) is 1.99. The molecule has 1 aromatic carbocycles. The summed E-state index contributed by atoms with van der Waals surface area (Å²) >= 11 is 0. The number of aromatic amines is 1. The summed E-state index contributed by atoms with van der Waals surface area (Å²) in [7, 11) is -3.54. The summed E-state index contributed by atoms with van der Waals surface area (Å²) < 4.78 is 27.1. The molecule has 2 N–H and O–H groups in total. The number of hydrogen-bond acceptors (Lipinski definition) is 3. The molecular formula is C13H17N3O2S. The molecule has 0 fully saturated rings.